The van der Waals surface area contributed by atoms with Crippen LogP contribution in [0, 0.1) is 0 Å². The molecule has 0 saturated carbocycles. The topological polar surface area (TPSA) is 373 Å². The number of ether oxygens (including phenoxy) is 6. The molecule has 18 unspecified atom stereocenters. The first-order chi connectivity index (χ1) is 47.9. The highest BCUT2D eigenvalue weighted by molar-refractivity contribution is 5.77. The van der Waals surface area contributed by atoms with E-state index in [1.54, 1.807) is 0 Å². The van der Waals surface area contributed by atoms with E-state index in [1.165, 1.54) is 212 Å². The summed E-state index contributed by atoms with van der Waals surface area (Å²) in [4.78, 5) is 38.7. The van der Waals surface area contributed by atoms with Crippen LogP contribution < -0.4 is 10.6 Å². The lowest BCUT2D eigenvalue weighted by molar-refractivity contribution is -0.386. The number of carbonyl (C=O) groups excluding carboxylic acids is 2. The van der Waals surface area contributed by atoms with E-state index in [9.17, 15) is 75.7 Å². The number of hydrogen-bond acceptors (Lipinski definition) is 20. The van der Waals surface area contributed by atoms with Crippen LogP contribution in [0.5, 0.6) is 0 Å². The molecule has 18 atom stereocenters. The first kappa shape index (κ1) is 90.7. The minimum Gasteiger partial charge on any atom is -0.477 e. The number of carboxylic acid groups (broad SMARTS) is 1. The van der Waals surface area contributed by atoms with Crippen LogP contribution in [0.25, 0.3) is 0 Å². The highest BCUT2D eigenvalue weighted by Crippen LogP contribution is 2.39. The minimum atomic E-state index is -3.08. The number of aliphatic carboxylic acids is 1. The van der Waals surface area contributed by atoms with Crippen LogP contribution in [0.1, 0.15) is 316 Å². The Morgan fingerprint density at radius 2 is 0.939 bits per heavy atom. The highest BCUT2D eigenvalue weighted by atomic mass is 16.8. The van der Waals surface area contributed by atoms with Gasteiger partial charge in [0.25, 0.3) is 5.79 Å². The Balaban J connectivity index is 1.48. The average molecular weight is 1420 g/mol. The number of carboxylic acids is 1. The van der Waals surface area contributed by atoms with Crippen molar-refractivity contribution < 1.29 is 104 Å². The van der Waals surface area contributed by atoms with E-state index >= 15 is 0 Å². The van der Waals surface area contributed by atoms with E-state index in [-0.39, 0.29) is 18.9 Å². The van der Waals surface area contributed by atoms with E-state index in [0.717, 1.165) is 58.3 Å². The molecule has 0 aromatic carbocycles. The van der Waals surface area contributed by atoms with Crippen molar-refractivity contribution in [2.24, 2.45) is 0 Å². The molecule has 0 aromatic heterocycles. The molecule has 0 bridgehead atoms. The number of allylic oxidation sites excluding steroid dienone is 2. The monoisotopic (exact) mass is 1420 g/mol. The van der Waals surface area contributed by atoms with Crippen LogP contribution in [-0.4, -0.2) is 215 Å². The van der Waals surface area contributed by atoms with E-state index < -0.39 is 148 Å². The number of aliphatic hydroxyl groups is 11. The first-order valence-electron chi connectivity index (χ1n) is 39.5. The standard InChI is InChI=1S/C76H142N2O21/c1-4-6-8-10-12-14-16-18-20-21-22-23-24-25-26-27-28-29-30-31-32-33-34-36-38-40-42-44-46-48-50-63(86)78-57(58(83)49-47-45-43-41-39-37-35-19-17-15-13-11-9-7-5-2)55-94-73-68(90)67(89)70(62(54-81)96-73)97-74-69(91)72(66(88)61(53-80)95-74)99-76(75(92)93)51-59(84)64(77-56(3)82)71(98-76)65(87)60(85)52-79/h25-26,57-62,64-74,79-81,83-85,87-91H,4-24,27-55H2,1-3H3,(H,77,82)(H,78,86)(H,92,93)/b26-25-. The van der Waals surface area contributed by atoms with Gasteiger partial charge in [0.05, 0.1) is 50.7 Å². The van der Waals surface area contributed by atoms with Crippen LogP contribution >= 0.6 is 0 Å². The van der Waals surface area contributed by atoms with Gasteiger partial charge in [-0.15, -0.1) is 0 Å². The van der Waals surface area contributed by atoms with Crippen molar-refractivity contribution >= 4 is 17.8 Å². The molecule has 3 fully saturated rings. The van der Waals surface area contributed by atoms with E-state index in [4.69, 9.17) is 28.4 Å². The van der Waals surface area contributed by atoms with Gasteiger partial charge in [0.15, 0.2) is 12.6 Å². The molecule has 582 valence electrons. The van der Waals surface area contributed by atoms with Gasteiger partial charge >= 0.3 is 5.97 Å². The first-order valence-corrected chi connectivity index (χ1v) is 39.5. The lowest BCUT2D eigenvalue weighted by atomic mass is 9.88. The lowest BCUT2D eigenvalue weighted by Crippen LogP contribution is -2.70. The molecule has 3 saturated heterocycles. The molecule has 3 rings (SSSR count). The Morgan fingerprint density at radius 1 is 0.515 bits per heavy atom. The second-order valence-electron chi connectivity index (χ2n) is 28.9. The third kappa shape index (κ3) is 36.8. The lowest BCUT2D eigenvalue weighted by Gasteiger charge is -2.50. The Hall–Kier alpha value is -2.53. The number of unbranched alkanes of at least 4 members (excludes halogenated alkanes) is 40. The number of nitrogens with one attached hydrogen (secondary N) is 2. The summed E-state index contributed by atoms with van der Waals surface area (Å²) < 4.78 is 34.9. The maximum absolute atomic E-state index is 13.5. The Labute approximate surface area is 594 Å². The third-order valence-corrected chi connectivity index (χ3v) is 20.2. The predicted molar refractivity (Wildman–Crippen MR) is 380 cm³/mol. The quantitative estimate of drug-likeness (QED) is 0.0199. The van der Waals surface area contributed by atoms with Crippen LogP contribution in [0.15, 0.2) is 12.2 Å². The van der Waals surface area contributed by atoms with Crippen molar-refractivity contribution in [1.82, 2.24) is 10.6 Å². The summed E-state index contributed by atoms with van der Waals surface area (Å²) in [5, 5.41) is 136. The van der Waals surface area contributed by atoms with E-state index in [0.29, 0.717) is 19.3 Å². The zero-order valence-corrected chi connectivity index (χ0v) is 61.4. The fourth-order valence-electron chi connectivity index (χ4n) is 13.9. The summed E-state index contributed by atoms with van der Waals surface area (Å²) in [6.45, 7) is 2.24. The van der Waals surface area contributed by atoms with Gasteiger partial charge in [-0.1, -0.05) is 270 Å². The van der Waals surface area contributed by atoms with Gasteiger partial charge in [-0.05, 0) is 38.5 Å². The molecule has 3 heterocycles. The minimum absolute atomic E-state index is 0.226. The van der Waals surface area contributed by atoms with E-state index in [2.05, 4.69) is 36.6 Å². The summed E-state index contributed by atoms with van der Waals surface area (Å²) in [7, 11) is 0. The van der Waals surface area contributed by atoms with Crippen LogP contribution in [0.3, 0.4) is 0 Å². The smallest absolute Gasteiger partial charge is 0.364 e. The fraction of sp³-hybridized carbons (Fsp3) is 0.934. The second-order valence-corrected chi connectivity index (χ2v) is 28.9. The van der Waals surface area contributed by atoms with Crippen molar-refractivity contribution in [1.29, 1.82) is 0 Å². The molecule has 0 spiro atoms. The normalized spacial score (nSPS) is 27.1. The number of hydrogen-bond donors (Lipinski definition) is 14. The molecule has 23 heteroatoms. The Morgan fingerprint density at radius 3 is 1.36 bits per heavy atom. The molecule has 99 heavy (non-hydrogen) atoms. The third-order valence-electron chi connectivity index (χ3n) is 20.2. The second kappa shape index (κ2) is 55.9. The van der Waals surface area contributed by atoms with Gasteiger partial charge in [-0.3, -0.25) is 9.59 Å². The molecule has 23 nitrogen and oxygen atoms in total. The molecule has 0 aliphatic carbocycles. The average Bonchev–Trinajstić information content (AvgIpc) is 0.750. The molecule has 3 aliphatic heterocycles. The van der Waals surface area contributed by atoms with Crippen LogP contribution in [-0.2, 0) is 42.8 Å². The van der Waals surface area contributed by atoms with Gasteiger partial charge in [-0.2, -0.15) is 0 Å². The van der Waals surface area contributed by atoms with Crippen molar-refractivity contribution in [2.45, 2.75) is 426 Å². The van der Waals surface area contributed by atoms with Gasteiger partial charge in [0.2, 0.25) is 11.8 Å². The summed E-state index contributed by atoms with van der Waals surface area (Å²) in [6.07, 6.45) is 29.3. The highest BCUT2D eigenvalue weighted by Gasteiger charge is 2.60. The van der Waals surface area contributed by atoms with Crippen LogP contribution in [0.2, 0.25) is 0 Å². The molecule has 3 aliphatic rings. The largest absolute Gasteiger partial charge is 0.477 e. The van der Waals surface area contributed by atoms with Crippen molar-refractivity contribution in [2.75, 3.05) is 26.4 Å². The van der Waals surface area contributed by atoms with Gasteiger partial charge < -0.3 is 100 Å². The zero-order valence-electron chi connectivity index (χ0n) is 61.4. The van der Waals surface area contributed by atoms with Gasteiger partial charge in [-0.25, -0.2) is 4.79 Å². The van der Waals surface area contributed by atoms with Crippen molar-refractivity contribution in [3.8, 4) is 0 Å². The maximum atomic E-state index is 13.5. The van der Waals surface area contributed by atoms with Gasteiger partial charge in [0.1, 0.15) is 67.1 Å². The Kier molecular flexibility index (Phi) is 51.2. The maximum Gasteiger partial charge on any atom is 0.364 e. The van der Waals surface area contributed by atoms with Gasteiger partial charge in [0, 0.05) is 19.8 Å². The summed E-state index contributed by atoms with van der Waals surface area (Å²) >= 11 is 0. The molecular formula is C76H142N2O21. The van der Waals surface area contributed by atoms with Crippen molar-refractivity contribution in [3.63, 3.8) is 0 Å². The molecular weight excluding hydrogens is 1280 g/mol. The summed E-state index contributed by atoms with van der Waals surface area (Å²) in [6, 6.07) is -2.53. The number of amides is 2. The number of aliphatic hydroxyl groups excluding tert-OH is 11. The summed E-state index contributed by atoms with van der Waals surface area (Å²) in [5.41, 5.74) is 0. The molecule has 0 radical (unpaired) electrons. The zero-order chi connectivity index (χ0) is 72.5. The van der Waals surface area contributed by atoms with E-state index in [1.807, 2.05) is 0 Å². The fourth-order valence-corrected chi connectivity index (χ4v) is 13.9. The SMILES string of the molecule is CCCCCCCCCCCCCC/C=C\CCCCCCCCCCCCCCCCC(=O)NC(COC1OC(CO)C(OC2OC(CO)C(O)C(OC3(C(=O)O)CC(O)C(NC(C)=O)C(C(O)C(O)CO)O3)C2O)C(O)C1O)C(O)CCCCCCCCCCCCCCCCC. The molecule has 14 N–H and O–H groups in total. The van der Waals surface area contributed by atoms with Crippen molar-refractivity contribution in [3.05, 3.63) is 12.2 Å². The number of carbonyl (C=O) groups is 3. The summed E-state index contributed by atoms with van der Waals surface area (Å²) in [5.74, 6) is -6.09. The molecule has 2 amide bonds. The van der Waals surface area contributed by atoms with Crippen LogP contribution in [0.4, 0.5) is 0 Å². The predicted octanol–water partition coefficient (Wildman–Crippen LogP) is 9.80. The Bertz CT molecular complexity index is 2030. The number of rotatable bonds is 62. The molecule has 0 aromatic rings.